The van der Waals surface area contributed by atoms with E-state index < -0.39 is 12.0 Å². The Labute approximate surface area is 81.0 Å². The Morgan fingerprint density at radius 3 is 1.75 bits per heavy atom. The van der Waals surface area contributed by atoms with Crippen molar-refractivity contribution < 1.29 is 9.90 Å². The molecule has 0 amide bonds. The molecular weight excluding hydrogens is 174 g/mol. The molecule has 0 saturated heterocycles. The van der Waals surface area contributed by atoms with Crippen LogP contribution in [0.5, 0.6) is 0 Å². The number of carboxylic acids is 1. The van der Waals surface area contributed by atoms with Crippen molar-refractivity contribution in [3.8, 4) is 0 Å². The maximum atomic E-state index is 10.6. The summed E-state index contributed by atoms with van der Waals surface area (Å²) in [5, 5.41) is 11.7. The van der Waals surface area contributed by atoms with Gasteiger partial charge in [-0.3, -0.25) is 4.79 Å². The molecule has 0 radical (unpaired) electrons. The standard InChI is InChI=1S/C8H17NO2.H2S/c1-5(2)7(8(10)11)9-6(3)4;/h5-7,9H,1-4H3,(H,10,11);1H2/t7-;/m0./s1. The van der Waals surface area contributed by atoms with Crippen LogP contribution in [0.3, 0.4) is 0 Å². The Balaban J connectivity index is 0. The Morgan fingerprint density at radius 1 is 1.25 bits per heavy atom. The van der Waals surface area contributed by atoms with Crippen LogP contribution in [0.4, 0.5) is 0 Å². The maximum Gasteiger partial charge on any atom is 0.320 e. The molecule has 2 N–H and O–H groups in total. The fourth-order valence-electron chi connectivity index (χ4n) is 0.908. The Bertz CT molecular complexity index is 137. The van der Waals surface area contributed by atoms with Crippen molar-refractivity contribution in [1.29, 1.82) is 0 Å². The number of aliphatic carboxylic acids is 1. The third kappa shape index (κ3) is 5.43. The van der Waals surface area contributed by atoms with Crippen LogP contribution in [0.2, 0.25) is 0 Å². The van der Waals surface area contributed by atoms with Gasteiger partial charge in [-0.25, -0.2) is 0 Å². The number of nitrogens with one attached hydrogen (secondary N) is 1. The molecule has 0 aromatic heterocycles. The van der Waals surface area contributed by atoms with Gasteiger partial charge in [-0.05, 0) is 5.92 Å². The van der Waals surface area contributed by atoms with E-state index in [2.05, 4.69) is 5.32 Å². The average Bonchev–Trinajstić information content (AvgIpc) is 1.81. The number of rotatable bonds is 4. The van der Waals surface area contributed by atoms with Gasteiger partial charge in [0.15, 0.2) is 0 Å². The molecule has 0 saturated carbocycles. The number of carboxylic acid groups (broad SMARTS) is 1. The van der Waals surface area contributed by atoms with Gasteiger partial charge >= 0.3 is 5.97 Å². The lowest BCUT2D eigenvalue weighted by molar-refractivity contribution is -0.140. The summed E-state index contributed by atoms with van der Waals surface area (Å²) in [7, 11) is 0. The summed E-state index contributed by atoms with van der Waals surface area (Å²) in [6, 6.07) is -0.200. The molecule has 0 aromatic carbocycles. The van der Waals surface area contributed by atoms with E-state index in [1.807, 2.05) is 27.7 Å². The third-order valence-corrected chi connectivity index (χ3v) is 1.45. The largest absolute Gasteiger partial charge is 0.480 e. The minimum absolute atomic E-state index is 0. The highest BCUT2D eigenvalue weighted by Crippen LogP contribution is 2.02. The highest BCUT2D eigenvalue weighted by molar-refractivity contribution is 7.59. The van der Waals surface area contributed by atoms with Gasteiger partial charge in [0.2, 0.25) is 0 Å². The highest BCUT2D eigenvalue weighted by atomic mass is 32.1. The topological polar surface area (TPSA) is 49.3 Å². The van der Waals surface area contributed by atoms with E-state index in [9.17, 15) is 4.79 Å². The fourth-order valence-corrected chi connectivity index (χ4v) is 0.908. The lowest BCUT2D eigenvalue weighted by Crippen LogP contribution is -2.44. The normalized spacial score (nSPS) is 12.8. The first kappa shape index (κ1) is 14.3. The van der Waals surface area contributed by atoms with Crippen molar-refractivity contribution in [3.05, 3.63) is 0 Å². The van der Waals surface area contributed by atoms with E-state index in [0.29, 0.717) is 0 Å². The van der Waals surface area contributed by atoms with E-state index in [0.717, 1.165) is 0 Å². The van der Waals surface area contributed by atoms with Gasteiger partial charge < -0.3 is 10.4 Å². The zero-order valence-corrected chi connectivity index (χ0v) is 9.09. The van der Waals surface area contributed by atoms with Crippen molar-refractivity contribution >= 4 is 19.5 Å². The molecule has 0 spiro atoms. The molecule has 0 aromatic rings. The van der Waals surface area contributed by atoms with E-state index in [1.54, 1.807) is 0 Å². The first-order chi connectivity index (χ1) is 4.95. The van der Waals surface area contributed by atoms with Crippen LogP contribution in [-0.4, -0.2) is 23.2 Å². The number of hydrogen-bond donors (Lipinski definition) is 2. The molecule has 12 heavy (non-hydrogen) atoms. The van der Waals surface area contributed by atoms with E-state index in [4.69, 9.17) is 5.11 Å². The van der Waals surface area contributed by atoms with Crippen molar-refractivity contribution in [2.75, 3.05) is 0 Å². The van der Waals surface area contributed by atoms with Crippen LogP contribution in [-0.2, 0) is 4.79 Å². The van der Waals surface area contributed by atoms with Crippen molar-refractivity contribution in [3.63, 3.8) is 0 Å². The van der Waals surface area contributed by atoms with E-state index in [1.165, 1.54) is 0 Å². The van der Waals surface area contributed by atoms with Crippen molar-refractivity contribution in [2.45, 2.75) is 39.8 Å². The summed E-state index contributed by atoms with van der Waals surface area (Å²) < 4.78 is 0. The van der Waals surface area contributed by atoms with Crippen LogP contribution in [0.15, 0.2) is 0 Å². The van der Waals surface area contributed by atoms with Crippen LogP contribution >= 0.6 is 13.5 Å². The SMILES string of the molecule is CC(C)N[C@H](C(=O)O)C(C)C.S. The Kier molecular flexibility index (Phi) is 7.53. The van der Waals surface area contributed by atoms with Crippen LogP contribution in [0, 0.1) is 5.92 Å². The quantitative estimate of drug-likeness (QED) is 0.705. The summed E-state index contributed by atoms with van der Waals surface area (Å²) in [5.74, 6) is -0.636. The fraction of sp³-hybridized carbons (Fsp3) is 0.875. The molecule has 0 heterocycles. The van der Waals surface area contributed by atoms with Crippen molar-refractivity contribution in [2.24, 2.45) is 5.92 Å². The van der Waals surface area contributed by atoms with E-state index in [-0.39, 0.29) is 25.5 Å². The lowest BCUT2D eigenvalue weighted by atomic mass is 10.0. The van der Waals surface area contributed by atoms with Gasteiger partial charge in [0.05, 0.1) is 0 Å². The highest BCUT2D eigenvalue weighted by Gasteiger charge is 2.21. The number of carbonyl (C=O) groups is 1. The molecule has 4 heteroatoms. The summed E-state index contributed by atoms with van der Waals surface area (Å²) >= 11 is 0. The Morgan fingerprint density at radius 2 is 1.67 bits per heavy atom. The maximum absolute atomic E-state index is 10.6. The van der Waals surface area contributed by atoms with Gasteiger partial charge in [0.25, 0.3) is 0 Å². The molecular formula is C8H19NO2S. The summed E-state index contributed by atoms with van der Waals surface area (Å²) in [6.45, 7) is 7.68. The van der Waals surface area contributed by atoms with Crippen LogP contribution in [0.25, 0.3) is 0 Å². The molecule has 0 bridgehead atoms. The molecule has 1 atom stereocenters. The molecule has 0 fully saturated rings. The summed E-state index contributed by atoms with van der Waals surface area (Å²) in [4.78, 5) is 10.6. The molecule has 3 nitrogen and oxygen atoms in total. The zero-order chi connectivity index (χ0) is 9.02. The second kappa shape index (κ2) is 6.31. The smallest absolute Gasteiger partial charge is 0.320 e. The first-order valence-corrected chi connectivity index (χ1v) is 3.94. The zero-order valence-electron chi connectivity index (χ0n) is 8.09. The first-order valence-electron chi connectivity index (χ1n) is 3.94. The van der Waals surface area contributed by atoms with Crippen LogP contribution < -0.4 is 5.32 Å². The van der Waals surface area contributed by atoms with Gasteiger partial charge in [-0.2, -0.15) is 13.5 Å². The average molecular weight is 193 g/mol. The van der Waals surface area contributed by atoms with Gasteiger partial charge in [0.1, 0.15) is 6.04 Å². The monoisotopic (exact) mass is 193 g/mol. The molecule has 0 unspecified atom stereocenters. The predicted octanol–water partition coefficient (Wildman–Crippen LogP) is 1.21. The Hall–Kier alpha value is -0.220. The molecule has 0 aliphatic rings. The second-order valence-corrected chi connectivity index (χ2v) is 3.38. The van der Waals surface area contributed by atoms with Gasteiger partial charge in [0, 0.05) is 6.04 Å². The number of hydrogen-bond acceptors (Lipinski definition) is 2. The van der Waals surface area contributed by atoms with Gasteiger partial charge in [-0.15, -0.1) is 0 Å². The molecule has 74 valence electrons. The minimum atomic E-state index is -0.770. The summed E-state index contributed by atoms with van der Waals surface area (Å²) in [5.41, 5.74) is 0. The third-order valence-electron chi connectivity index (χ3n) is 1.45. The lowest BCUT2D eigenvalue weighted by Gasteiger charge is -2.20. The molecule has 0 aliphatic carbocycles. The van der Waals surface area contributed by atoms with Gasteiger partial charge in [-0.1, -0.05) is 27.7 Å². The van der Waals surface area contributed by atoms with E-state index >= 15 is 0 Å². The van der Waals surface area contributed by atoms with Crippen molar-refractivity contribution in [1.82, 2.24) is 5.32 Å². The van der Waals surface area contributed by atoms with Crippen LogP contribution in [0.1, 0.15) is 27.7 Å². The predicted molar refractivity (Wildman–Crippen MR) is 54.9 cm³/mol. The minimum Gasteiger partial charge on any atom is -0.480 e. The summed E-state index contributed by atoms with van der Waals surface area (Å²) in [6.07, 6.45) is 0. The second-order valence-electron chi connectivity index (χ2n) is 3.38. The molecule has 0 rings (SSSR count). The molecule has 0 aliphatic heterocycles.